The van der Waals surface area contributed by atoms with E-state index in [1.165, 1.54) is 6.92 Å². The van der Waals surface area contributed by atoms with E-state index in [0.29, 0.717) is 29.9 Å². The summed E-state index contributed by atoms with van der Waals surface area (Å²) in [6.45, 7) is 1.40. The molecule has 31 valence electrons. The predicted octanol–water partition coefficient (Wildman–Crippen LogP) is -0.902. The summed E-state index contributed by atoms with van der Waals surface area (Å²) in [6.07, 6.45) is 0. The van der Waals surface area contributed by atoms with E-state index < -0.39 is 0 Å². The standard InChI is InChI=1S/C2H4O2.Mg.U.2H/c1-2(3)4;;;;/h1H3,(H,3,4);;;;/q;;+1;;/p-1. The van der Waals surface area contributed by atoms with Gasteiger partial charge in [0.1, 0.15) is 0 Å². The van der Waals surface area contributed by atoms with Gasteiger partial charge in [-0.05, 0) is 0 Å². The topological polar surface area (TPSA) is 26.3 Å². The molecule has 0 rings (SSSR count). The van der Waals surface area contributed by atoms with E-state index in [0.717, 1.165) is 0 Å². The molecule has 0 saturated carbocycles. The van der Waals surface area contributed by atoms with E-state index in [1.807, 2.05) is 0 Å². The summed E-state index contributed by atoms with van der Waals surface area (Å²) < 4.78 is 4.28. The van der Waals surface area contributed by atoms with E-state index in [-0.39, 0.29) is 29.0 Å². The molecule has 0 aromatic rings. The second-order valence-electron chi connectivity index (χ2n) is 0.594. The van der Waals surface area contributed by atoms with Crippen LogP contribution in [0.25, 0.3) is 0 Å². The van der Waals surface area contributed by atoms with Crippen molar-refractivity contribution >= 4 is 29.0 Å². The van der Waals surface area contributed by atoms with Crippen molar-refractivity contribution in [2.24, 2.45) is 0 Å². The molecule has 0 aromatic heterocycles. The van der Waals surface area contributed by atoms with Crippen molar-refractivity contribution < 1.29 is 37.0 Å². The number of rotatable bonds is 0. The second kappa shape index (κ2) is 6.29. The van der Waals surface area contributed by atoms with Crippen LogP contribution in [0.15, 0.2) is 0 Å². The minimum Gasteiger partial charge on any atom is 0.316 e. The number of carbonyl (C=O) groups excluding carboxylic acids is 1. The zero-order valence-corrected chi connectivity index (χ0v) is 6.98. The first-order valence-electron chi connectivity index (χ1n) is 1.11. The van der Waals surface area contributed by atoms with Crippen LogP contribution in [0.5, 0.6) is 0 Å². The quantitative estimate of drug-likeness (QED) is 0.540. The molecule has 0 atom stereocenters. The maximum atomic E-state index is 9.63. The molecule has 0 saturated heterocycles. The minimum absolute atomic E-state index is 0. The maximum absolute atomic E-state index is 9.63. The van der Waals surface area contributed by atoms with E-state index in [4.69, 9.17) is 0 Å². The summed E-state index contributed by atoms with van der Waals surface area (Å²) in [5, 5.41) is 0. The maximum Gasteiger partial charge on any atom is 0.316 e. The summed E-state index contributed by atoms with van der Waals surface area (Å²) in [7, 11) is 0. The number of carbonyl (C=O) groups is 1. The summed E-state index contributed by atoms with van der Waals surface area (Å²) in [6, 6.07) is 0. The molecule has 6 heavy (non-hydrogen) atoms. The smallest absolute Gasteiger partial charge is 0.316 e. The zero-order valence-electron chi connectivity index (χ0n) is 2.82. The van der Waals surface area contributed by atoms with Crippen LogP contribution >= 0.6 is 0 Å². The van der Waals surface area contributed by atoms with E-state index in [9.17, 15) is 4.79 Å². The molecule has 0 aliphatic rings. The third kappa shape index (κ3) is 8.99. The molecule has 4 heteroatoms. The Morgan fingerprint density at radius 3 is 2.00 bits per heavy atom. The van der Waals surface area contributed by atoms with Gasteiger partial charge in [0.05, 0.1) is 0 Å². The molecule has 0 fully saturated rings. The van der Waals surface area contributed by atoms with E-state index in [1.54, 1.807) is 0 Å². The van der Waals surface area contributed by atoms with Crippen LogP contribution < -0.4 is 0 Å². The van der Waals surface area contributed by atoms with Crippen molar-refractivity contribution in [2.75, 3.05) is 0 Å². The molecule has 0 radical (unpaired) electrons. The molecule has 2 nitrogen and oxygen atoms in total. The zero-order chi connectivity index (χ0) is 4.28. The van der Waals surface area contributed by atoms with Gasteiger partial charge in [-0.15, -0.1) is 0 Å². The van der Waals surface area contributed by atoms with Crippen molar-refractivity contribution in [1.82, 2.24) is 0 Å². The van der Waals surface area contributed by atoms with Gasteiger partial charge in [0.15, 0.2) is 0 Å². The van der Waals surface area contributed by atoms with Crippen LogP contribution in [0.3, 0.4) is 0 Å². The third-order valence-electron chi connectivity index (χ3n) is 0.144. The number of hydrogen-bond acceptors (Lipinski definition) is 2. The Hall–Kier alpha value is 1.29. The Balaban J connectivity index is 0. The Labute approximate surface area is 72.1 Å². The Morgan fingerprint density at radius 1 is 1.83 bits per heavy atom. The molecule has 0 aliphatic heterocycles. The molecule has 0 aromatic carbocycles. The van der Waals surface area contributed by atoms with Crippen LogP contribution in [-0.4, -0.2) is 29.0 Å². The summed E-state index contributed by atoms with van der Waals surface area (Å²) in [5.74, 6) is -0.171. The van der Waals surface area contributed by atoms with Crippen LogP contribution in [0.1, 0.15) is 6.92 Å². The molecular formula is C2H5MgO2U. The first-order valence-corrected chi connectivity index (χ1v) is 2.81. The van der Waals surface area contributed by atoms with Gasteiger partial charge in [0.2, 0.25) is 0 Å². The fourth-order valence-corrected chi connectivity index (χ4v) is 0. The number of hydrogen-bond donors (Lipinski definition) is 0. The van der Waals surface area contributed by atoms with Gasteiger partial charge < -0.3 is 0 Å². The van der Waals surface area contributed by atoms with Gasteiger partial charge in [0, 0.05) is 0 Å². The average Bonchev–Trinajstić information content (AvgIpc) is 1.38. The molecule has 0 N–H and O–H groups in total. The fourth-order valence-electron chi connectivity index (χ4n) is 0. The van der Waals surface area contributed by atoms with Crippen LogP contribution in [0.4, 0.5) is 0 Å². The summed E-state index contributed by atoms with van der Waals surface area (Å²) in [5.41, 5.74) is 0. The molecule has 0 heterocycles. The molecule has 0 spiro atoms. The second-order valence-corrected chi connectivity index (χ2v) is 1.44. The van der Waals surface area contributed by atoms with Gasteiger partial charge in [-0.1, -0.05) is 0 Å². The van der Waals surface area contributed by atoms with Crippen molar-refractivity contribution in [2.45, 2.75) is 6.92 Å². The van der Waals surface area contributed by atoms with Crippen molar-refractivity contribution in [3.63, 3.8) is 0 Å². The van der Waals surface area contributed by atoms with Gasteiger partial charge in [-0.3, -0.25) is 0 Å². The normalized spacial score (nSPS) is 5.83. The Kier molecular flexibility index (Phi) is 10.8. The minimum atomic E-state index is -0.171. The predicted molar refractivity (Wildman–Crippen MR) is 20.3 cm³/mol. The first kappa shape index (κ1) is 10.3. The van der Waals surface area contributed by atoms with E-state index >= 15 is 0 Å². The van der Waals surface area contributed by atoms with Crippen molar-refractivity contribution in [1.29, 1.82) is 0 Å². The van der Waals surface area contributed by atoms with Crippen LogP contribution in [0, 0.1) is 29.9 Å². The van der Waals surface area contributed by atoms with Crippen LogP contribution in [0.2, 0.25) is 0 Å². The first-order chi connectivity index (χ1) is 2.27. The van der Waals surface area contributed by atoms with Gasteiger partial charge >= 0.3 is 72.9 Å². The molecule has 0 aliphatic carbocycles. The average molecular weight is 323 g/mol. The summed E-state index contributed by atoms with van der Waals surface area (Å²) in [4.78, 5) is 9.63. The molecular weight excluding hydrogens is 318 g/mol. The van der Waals surface area contributed by atoms with Crippen molar-refractivity contribution in [3.05, 3.63) is 0 Å². The largest absolute Gasteiger partial charge is 0.316 e. The SMILES string of the molecule is CC(=O)[O][U].[MgH2]. The van der Waals surface area contributed by atoms with Gasteiger partial charge in [-0.25, -0.2) is 0 Å². The molecule has 0 bridgehead atoms. The fraction of sp³-hybridized carbons (Fsp3) is 0.500. The Bertz CT molecular complexity index is 46.8. The van der Waals surface area contributed by atoms with Crippen LogP contribution in [-0.2, 0) is 7.04 Å². The Morgan fingerprint density at radius 2 is 2.00 bits per heavy atom. The summed E-state index contributed by atoms with van der Waals surface area (Å²) >= 11 is 0.349. The van der Waals surface area contributed by atoms with Gasteiger partial charge in [0.25, 0.3) is 0 Å². The van der Waals surface area contributed by atoms with E-state index in [2.05, 4.69) is 2.24 Å². The monoisotopic (exact) mass is 323 g/mol. The molecule has 0 amide bonds. The molecule has 0 unspecified atom stereocenters. The van der Waals surface area contributed by atoms with Gasteiger partial charge in [-0.2, -0.15) is 0 Å². The third-order valence-corrected chi connectivity index (χ3v) is 1.34. The van der Waals surface area contributed by atoms with Crippen molar-refractivity contribution in [3.8, 4) is 0 Å².